The number of benzene rings is 1. The largest absolute Gasteiger partial charge is 0.387 e. The Bertz CT molecular complexity index is 590. The van der Waals surface area contributed by atoms with Crippen LogP contribution in [0.5, 0.6) is 0 Å². The molecule has 124 valence electrons. The SMILES string of the molecule is CC(C)(C)NS(=O)(=O)C1(CNCC(O)c2ccccc2)CC1. The van der Waals surface area contributed by atoms with E-state index in [4.69, 9.17) is 0 Å². The molecule has 1 aromatic rings. The van der Waals surface area contributed by atoms with Crippen LogP contribution in [0.3, 0.4) is 0 Å². The second kappa shape index (κ2) is 6.28. The molecule has 3 N–H and O–H groups in total. The van der Waals surface area contributed by atoms with E-state index in [1.165, 1.54) is 0 Å². The first kappa shape index (κ1) is 17.4. The molecule has 1 atom stereocenters. The van der Waals surface area contributed by atoms with Crippen molar-refractivity contribution in [1.82, 2.24) is 10.0 Å². The maximum Gasteiger partial charge on any atom is 0.219 e. The lowest BCUT2D eigenvalue weighted by molar-refractivity contribution is 0.174. The van der Waals surface area contributed by atoms with E-state index in [1.807, 2.05) is 51.1 Å². The lowest BCUT2D eigenvalue weighted by atomic mass is 10.1. The highest BCUT2D eigenvalue weighted by molar-refractivity contribution is 7.91. The van der Waals surface area contributed by atoms with Crippen molar-refractivity contribution in [3.8, 4) is 0 Å². The van der Waals surface area contributed by atoms with E-state index >= 15 is 0 Å². The summed E-state index contributed by atoms with van der Waals surface area (Å²) in [7, 11) is -3.36. The van der Waals surface area contributed by atoms with Gasteiger partial charge in [-0.3, -0.25) is 0 Å². The lowest BCUT2D eigenvalue weighted by Crippen LogP contribution is -2.50. The zero-order valence-corrected chi connectivity index (χ0v) is 14.3. The van der Waals surface area contributed by atoms with E-state index in [2.05, 4.69) is 10.0 Å². The molecule has 0 aromatic heterocycles. The Morgan fingerprint density at radius 1 is 1.23 bits per heavy atom. The van der Waals surface area contributed by atoms with Gasteiger partial charge in [0.05, 0.1) is 10.9 Å². The third-order valence-electron chi connectivity index (χ3n) is 3.79. The molecule has 1 aromatic carbocycles. The maximum atomic E-state index is 12.5. The zero-order valence-electron chi connectivity index (χ0n) is 13.5. The van der Waals surface area contributed by atoms with Gasteiger partial charge in [-0.1, -0.05) is 30.3 Å². The van der Waals surface area contributed by atoms with Gasteiger partial charge in [0, 0.05) is 18.6 Å². The number of rotatable bonds is 7. The molecule has 5 nitrogen and oxygen atoms in total. The Morgan fingerprint density at radius 3 is 2.32 bits per heavy atom. The lowest BCUT2D eigenvalue weighted by Gasteiger charge is -2.26. The van der Waals surface area contributed by atoms with Gasteiger partial charge < -0.3 is 10.4 Å². The third-order valence-corrected chi connectivity index (χ3v) is 6.36. The van der Waals surface area contributed by atoms with Crippen LogP contribution in [-0.4, -0.2) is 36.9 Å². The summed E-state index contributed by atoms with van der Waals surface area (Å²) in [6.07, 6.45) is 0.690. The molecule has 6 heteroatoms. The smallest absolute Gasteiger partial charge is 0.219 e. The van der Waals surface area contributed by atoms with Gasteiger partial charge in [-0.25, -0.2) is 13.1 Å². The van der Waals surface area contributed by atoms with Gasteiger partial charge in [0.25, 0.3) is 0 Å². The van der Waals surface area contributed by atoms with Gasteiger partial charge in [-0.2, -0.15) is 0 Å². The minimum absolute atomic E-state index is 0.344. The van der Waals surface area contributed by atoms with Crippen molar-refractivity contribution in [3.63, 3.8) is 0 Å². The summed E-state index contributed by atoms with van der Waals surface area (Å²) in [5.41, 5.74) is 0.355. The van der Waals surface area contributed by atoms with E-state index < -0.39 is 26.4 Å². The summed E-state index contributed by atoms with van der Waals surface area (Å²) in [5.74, 6) is 0. The normalized spacial score (nSPS) is 18.9. The molecule has 2 rings (SSSR count). The summed E-state index contributed by atoms with van der Waals surface area (Å²) < 4.78 is 26.9. The molecule has 0 saturated heterocycles. The molecule has 0 heterocycles. The van der Waals surface area contributed by atoms with E-state index in [-0.39, 0.29) is 0 Å². The summed E-state index contributed by atoms with van der Waals surface area (Å²) in [5, 5.41) is 13.2. The van der Waals surface area contributed by atoms with Gasteiger partial charge >= 0.3 is 0 Å². The summed E-state index contributed by atoms with van der Waals surface area (Å²) >= 11 is 0. The van der Waals surface area contributed by atoms with Crippen LogP contribution in [0.15, 0.2) is 30.3 Å². The summed E-state index contributed by atoms with van der Waals surface area (Å²) in [6.45, 7) is 6.23. The molecule has 1 aliphatic carbocycles. The Hall–Kier alpha value is -0.950. The van der Waals surface area contributed by atoms with Crippen LogP contribution in [0.2, 0.25) is 0 Å². The van der Waals surface area contributed by atoms with Gasteiger partial charge in [0.1, 0.15) is 0 Å². The summed E-state index contributed by atoms with van der Waals surface area (Å²) in [4.78, 5) is 0. The fourth-order valence-corrected chi connectivity index (χ4v) is 4.38. The molecular weight excluding hydrogens is 300 g/mol. The molecular formula is C16H26N2O3S. The van der Waals surface area contributed by atoms with Crippen molar-refractivity contribution < 1.29 is 13.5 Å². The number of aliphatic hydroxyl groups excluding tert-OH is 1. The number of nitrogens with one attached hydrogen (secondary N) is 2. The highest BCUT2D eigenvalue weighted by atomic mass is 32.2. The van der Waals surface area contributed by atoms with Crippen LogP contribution in [0.25, 0.3) is 0 Å². The predicted molar refractivity (Wildman–Crippen MR) is 88.0 cm³/mol. The van der Waals surface area contributed by atoms with Crippen molar-refractivity contribution in [2.75, 3.05) is 13.1 Å². The Kier molecular flexibility index (Phi) is 4.96. The van der Waals surface area contributed by atoms with Crippen molar-refractivity contribution in [2.45, 2.75) is 50.0 Å². The first-order valence-electron chi connectivity index (χ1n) is 7.63. The molecule has 0 bridgehead atoms. The van der Waals surface area contributed by atoms with Gasteiger partial charge in [0.15, 0.2) is 0 Å². The zero-order chi connectivity index (χ0) is 16.4. The fraction of sp³-hybridized carbons (Fsp3) is 0.625. The number of hydrogen-bond acceptors (Lipinski definition) is 4. The molecule has 1 unspecified atom stereocenters. The van der Waals surface area contributed by atoms with Gasteiger partial charge in [-0.15, -0.1) is 0 Å². The maximum absolute atomic E-state index is 12.5. The Morgan fingerprint density at radius 2 is 1.82 bits per heavy atom. The molecule has 1 saturated carbocycles. The highest BCUT2D eigenvalue weighted by Gasteiger charge is 2.54. The van der Waals surface area contributed by atoms with E-state index in [0.717, 1.165) is 5.56 Å². The second-order valence-electron chi connectivity index (χ2n) is 7.10. The van der Waals surface area contributed by atoms with Crippen molar-refractivity contribution in [2.24, 2.45) is 0 Å². The molecule has 0 spiro atoms. The number of hydrogen-bond donors (Lipinski definition) is 3. The van der Waals surface area contributed by atoms with Crippen molar-refractivity contribution in [3.05, 3.63) is 35.9 Å². The highest BCUT2D eigenvalue weighted by Crippen LogP contribution is 2.43. The topological polar surface area (TPSA) is 78.4 Å². The first-order valence-corrected chi connectivity index (χ1v) is 9.11. The quantitative estimate of drug-likeness (QED) is 0.710. The van der Waals surface area contributed by atoms with Crippen LogP contribution in [-0.2, 0) is 10.0 Å². The average Bonchev–Trinajstić information content (AvgIpc) is 3.18. The molecule has 0 radical (unpaired) electrons. The van der Waals surface area contributed by atoms with Gasteiger partial charge in [0.2, 0.25) is 10.0 Å². The predicted octanol–water partition coefficient (Wildman–Crippen LogP) is 1.56. The second-order valence-corrected chi connectivity index (χ2v) is 9.17. The monoisotopic (exact) mass is 326 g/mol. The van der Waals surface area contributed by atoms with E-state index in [1.54, 1.807) is 0 Å². The summed E-state index contributed by atoms with van der Waals surface area (Å²) in [6, 6.07) is 9.36. The molecule has 0 amide bonds. The number of aliphatic hydroxyl groups is 1. The first-order chi connectivity index (χ1) is 10.2. The van der Waals surface area contributed by atoms with Crippen LogP contribution < -0.4 is 10.0 Å². The van der Waals surface area contributed by atoms with Gasteiger partial charge in [-0.05, 0) is 39.2 Å². The average molecular weight is 326 g/mol. The number of sulfonamides is 1. The van der Waals surface area contributed by atoms with Crippen LogP contribution in [0, 0.1) is 0 Å². The Balaban J connectivity index is 1.89. The minimum atomic E-state index is -3.36. The van der Waals surface area contributed by atoms with Crippen molar-refractivity contribution >= 4 is 10.0 Å². The standard InChI is InChI=1S/C16H26N2O3S/c1-15(2,3)18-22(20,21)16(9-10-16)12-17-11-14(19)13-7-5-4-6-8-13/h4-8,14,17-19H,9-12H2,1-3H3. The third kappa shape index (κ3) is 4.29. The molecule has 1 fully saturated rings. The molecule has 22 heavy (non-hydrogen) atoms. The molecule has 0 aliphatic heterocycles. The van der Waals surface area contributed by atoms with Crippen molar-refractivity contribution in [1.29, 1.82) is 0 Å². The Labute approximate surface area is 133 Å². The van der Waals surface area contributed by atoms with Crippen LogP contribution in [0.4, 0.5) is 0 Å². The molecule has 1 aliphatic rings. The van der Waals surface area contributed by atoms with Crippen LogP contribution >= 0.6 is 0 Å². The van der Waals surface area contributed by atoms with Crippen LogP contribution in [0.1, 0.15) is 45.3 Å². The van der Waals surface area contributed by atoms with E-state index in [9.17, 15) is 13.5 Å². The minimum Gasteiger partial charge on any atom is -0.387 e. The fourth-order valence-electron chi connectivity index (χ4n) is 2.42. The van der Waals surface area contributed by atoms with E-state index in [0.29, 0.717) is 25.9 Å².